The lowest BCUT2D eigenvalue weighted by Crippen LogP contribution is -2.33. The van der Waals surface area contributed by atoms with Gasteiger partial charge in [-0.25, -0.2) is 0 Å². The molecule has 0 aliphatic carbocycles. The van der Waals surface area contributed by atoms with Crippen LogP contribution in [0.25, 0.3) is 0 Å². The molecule has 1 heterocycles. The topological polar surface area (TPSA) is 46.3 Å². The monoisotopic (exact) mass is 290 g/mol. The van der Waals surface area contributed by atoms with Crippen molar-refractivity contribution in [1.29, 1.82) is 0 Å². The molecule has 0 spiro atoms. The first-order chi connectivity index (χ1) is 7.97. The summed E-state index contributed by atoms with van der Waals surface area (Å²) in [6.07, 6.45) is 0.539. The highest BCUT2D eigenvalue weighted by Gasteiger charge is 2.19. The van der Waals surface area contributed by atoms with Gasteiger partial charge in [0.25, 0.3) is 5.91 Å². The molecule has 1 rings (SSSR count). The highest BCUT2D eigenvalue weighted by Crippen LogP contribution is 2.28. The van der Waals surface area contributed by atoms with Crippen molar-refractivity contribution in [2.75, 3.05) is 13.1 Å². The van der Waals surface area contributed by atoms with Crippen LogP contribution in [0.4, 0.5) is 0 Å². The molecule has 0 unspecified atom stereocenters. The molecule has 94 valence electrons. The zero-order valence-electron chi connectivity index (χ0n) is 9.83. The van der Waals surface area contributed by atoms with E-state index in [2.05, 4.69) is 0 Å². The summed E-state index contributed by atoms with van der Waals surface area (Å²) in [7, 11) is 0. The van der Waals surface area contributed by atoms with Gasteiger partial charge in [-0.2, -0.15) is 0 Å². The van der Waals surface area contributed by atoms with Crippen LogP contribution in [0.1, 0.15) is 28.6 Å². The van der Waals surface area contributed by atoms with Crippen LogP contribution in [0.5, 0.6) is 0 Å². The van der Waals surface area contributed by atoms with Gasteiger partial charge in [0.05, 0.1) is 10.0 Å². The Morgan fingerprint density at radius 3 is 2.71 bits per heavy atom. The smallest absolute Gasteiger partial charge is 0.265 e. The molecule has 17 heavy (non-hydrogen) atoms. The Hall–Kier alpha value is -0.650. The zero-order valence-corrected chi connectivity index (χ0v) is 12.2. The summed E-state index contributed by atoms with van der Waals surface area (Å²) < 4.78 is 0. The van der Waals surface area contributed by atoms with Crippen LogP contribution < -0.4 is 5.73 Å². The number of thiophene rings is 1. The van der Waals surface area contributed by atoms with Crippen LogP contribution in [0.2, 0.25) is 5.02 Å². The molecule has 0 radical (unpaired) electrons. The van der Waals surface area contributed by atoms with Crippen molar-refractivity contribution in [3.63, 3.8) is 0 Å². The van der Waals surface area contributed by atoms with Gasteiger partial charge in [0.15, 0.2) is 0 Å². The van der Waals surface area contributed by atoms with E-state index in [1.807, 2.05) is 19.2 Å². The Labute approximate surface area is 116 Å². The number of carbonyl (C=O) groups excluding carboxylic acids is 1. The third kappa shape index (κ3) is 3.66. The molecule has 0 aromatic carbocycles. The summed E-state index contributed by atoms with van der Waals surface area (Å²) in [5.74, 6) is -0.0492. The van der Waals surface area contributed by atoms with Crippen molar-refractivity contribution in [2.24, 2.45) is 5.73 Å². The Morgan fingerprint density at radius 1 is 1.65 bits per heavy atom. The van der Waals surface area contributed by atoms with Crippen molar-refractivity contribution in [2.45, 2.75) is 20.3 Å². The lowest BCUT2D eigenvalue weighted by atomic mass is 10.3. The molecular weight excluding hydrogens is 276 g/mol. The number of amides is 1. The van der Waals surface area contributed by atoms with Crippen molar-refractivity contribution in [3.05, 3.63) is 20.8 Å². The summed E-state index contributed by atoms with van der Waals surface area (Å²) in [5.41, 5.74) is 6.37. The average molecular weight is 291 g/mol. The van der Waals surface area contributed by atoms with Gasteiger partial charge < -0.3 is 10.6 Å². The number of aryl methyl sites for hydroxylation is 1. The minimum absolute atomic E-state index is 0.0492. The molecule has 0 bridgehead atoms. The first-order valence-electron chi connectivity index (χ1n) is 5.28. The molecule has 1 aromatic rings. The first-order valence-corrected chi connectivity index (χ1v) is 6.95. The van der Waals surface area contributed by atoms with E-state index < -0.39 is 0 Å². The van der Waals surface area contributed by atoms with E-state index in [1.54, 1.807) is 4.90 Å². The first kappa shape index (κ1) is 14.4. The number of hydrogen-bond acceptors (Lipinski definition) is 3. The van der Waals surface area contributed by atoms with Crippen molar-refractivity contribution >= 4 is 46.1 Å². The molecule has 1 aromatic heterocycles. The van der Waals surface area contributed by atoms with Crippen molar-refractivity contribution < 1.29 is 4.79 Å². The van der Waals surface area contributed by atoms with E-state index in [0.717, 1.165) is 5.56 Å². The largest absolute Gasteiger partial charge is 0.393 e. The molecule has 6 heteroatoms. The maximum Gasteiger partial charge on any atom is 0.265 e. The number of thiocarbonyl (C=S) groups is 1. The number of hydrogen-bond donors (Lipinski definition) is 1. The van der Waals surface area contributed by atoms with Gasteiger partial charge in [-0.15, -0.1) is 11.3 Å². The van der Waals surface area contributed by atoms with Crippen molar-refractivity contribution in [1.82, 2.24) is 4.90 Å². The van der Waals surface area contributed by atoms with Gasteiger partial charge >= 0.3 is 0 Å². The molecule has 2 N–H and O–H groups in total. The minimum atomic E-state index is -0.0492. The summed E-state index contributed by atoms with van der Waals surface area (Å²) in [4.78, 5) is 14.9. The fourth-order valence-electron chi connectivity index (χ4n) is 1.37. The van der Waals surface area contributed by atoms with E-state index in [1.165, 1.54) is 11.3 Å². The SMILES string of the molecule is CCN(CCC(N)=S)C(=O)c1scc(C)c1Cl. The average Bonchev–Trinajstić information content (AvgIpc) is 2.60. The number of carbonyl (C=O) groups is 1. The van der Waals surface area contributed by atoms with E-state index in [9.17, 15) is 4.79 Å². The fraction of sp³-hybridized carbons (Fsp3) is 0.455. The second kappa shape index (κ2) is 6.33. The molecule has 1 amide bonds. The van der Waals surface area contributed by atoms with Gasteiger partial charge in [0.1, 0.15) is 4.88 Å². The maximum absolute atomic E-state index is 12.2. The van der Waals surface area contributed by atoms with Crippen LogP contribution in [-0.2, 0) is 0 Å². The Balaban J connectivity index is 2.79. The predicted molar refractivity (Wildman–Crippen MR) is 77.0 cm³/mol. The molecule has 0 saturated heterocycles. The van der Waals surface area contributed by atoms with E-state index in [4.69, 9.17) is 29.6 Å². The van der Waals surface area contributed by atoms with Gasteiger partial charge in [-0.05, 0) is 24.8 Å². The van der Waals surface area contributed by atoms with Crippen LogP contribution in [0, 0.1) is 6.92 Å². The highest BCUT2D eigenvalue weighted by atomic mass is 35.5. The number of halogens is 1. The molecular formula is C11H15ClN2OS2. The quantitative estimate of drug-likeness (QED) is 0.848. The van der Waals surface area contributed by atoms with Gasteiger partial charge in [-0.1, -0.05) is 23.8 Å². The lowest BCUT2D eigenvalue weighted by molar-refractivity contribution is 0.0774. The second-order valence-electron chi connectivity index (χ2n) is 3.66. The van der Waals surface area contributed by atoms with Crippen LogP contribution in [-0.4, -0.2) is 28.9 Å². The van der Waals surface area contributed by atoms with Crippen LogP contribution >= 0.6 is 35.2 Å². The minimum Gasteiger partial charge on any atom is -0.393 e. The number of nitrogens with two attached hydrogens (primary N) is 1. The summed E-state index contributed by atoms with van der Waals surface area (Å²) in [6.45, 7) is 4.97. The number of rotatable bonds is 5. The standard InChI is InChI=1S/C11H15ClN2OS2/c1-3-14(5-4-8(13)16)11(15)10-9(12)7(2)6-17-10/h6H,3-5H2,1-2H3,(H2,13,16). The third-order valence-corrected chi connectivity index (χ3v) is 4.28. The molecule has 0 fully saturated rings. The van der Waals surface area contributed by atoms with Crippen LogP contribution in [0.3, 0.4) is 0 Å². The molecule has 0 atom stereocenters. The molecule has 0 aliphatic heterocycles. The Bertz CT molecular complexity index is 431. The van der Waals surface area contributed by atoms with E-state index >= 15 is 0 Å². The third-order valence-electron chi connectivity index (χ3n) is 2.39. The van der Waals surface area contributed by atoms with Crippen LogP contribution in [0.15, 0.2) is 5.38 Å². The van der Waals surface area contributed by atoms with E-state index in [0.29, 0.717) is 34.4 Å². The Kier molecular flexibility index (Phi) is 5.36. The zero-order chi connectivity index (χ0) is 13.0. The van der Waals surface area contributed by atoms with Gasteiger partial charge in [0, 0.05) is 19.5 Å². The summed E-state index contributed by atoms with van der Waals surface area (Å²) in [6, 6.07) is 0. The lowest BCUT2D eigenvalue weighted by Gasteiger charge is -2.20. The molecule has 0 aliphatic rings. The maximum atomic E-state index is 12.2. The van der Waals surface area contributed by atoms with Crippen molar-refractivity contribution in [3.8, 4) is 0 Å². The fourth-order valence-corrected chi connectivity index (χ4v) is 2.70. The molecule has 3 nitrogen and oxygen atoms in total. The second-order valence-corrected chi connectivity index (χ2v) is 5.44. The van der Waals surface area contributed by atoms with Gasteiger partial charge in [0.2, 0.25) is 0 Å². The Morgan fingerprint density at radius 2 is 2.29 bits per heavy atom. The summed E-state index contributed by atoms with van der Waals surface area (Å²) in [5, 5.41) is 2.44. The normalized spacial score (nSPS) is 10.3. The number of nitrogens with zero attached hydrogens (tertiary/aromatic N) is 1. The molecule has 0 saturated carbocycles. The van der Waals surface area contributed by atoms with E-state index in [-0.39, 0.29) is 5.91 Å². The highest BCUT2D eigenvalue weighted by molar-refractivity contribution is 7.80. The van der Waals surface area contributed by atoms with Gasteiger partial charge in [-0.3, -0.25) is 4.79 Å². The predicted octanol–water partition coefficient (Wildman–Crippen LogP) is 2.85. The summed E-state index contributed by atoms with van der Waals surface area (Å²) >= 11 is 12.3.